The SMILES string of the molecule is COc1ccc(-c2noc(CNC(=O)[C@@H]3CCCN(c4ccc(C)cc4)C3)n2)cc1OC. The Morgan fingerprint density at radius 2 is 1.94 bits per heavy atom. The first-order chi connectivity index (χ1) is 15.6. The third-order valence-corrected chi connectivity index (χ3v) is 5.71. The van der Waals surface area contributed by atoms with E-state index in [1.54, 1.807) is 26.4 Å². The Balaban J connectivity index is 1.35. The van der Waals surface area contributed by atoms with E-state index in [-0.39, 0.29) is 18.4 Å². The van der Waals surface area contributed by atoms with E-state index in [4.69, 9.17) is 14.0 Å². The maximum Gasteiger partial charge on any atom is 0.246 e. The summed E-state index contributed by atoms with van der Waals surface area (Å²) in [6.45, 7) is 3.94. The van der Waals surface area contributed by atoms with Gasteiger partial charge in [-0.05, 0) is 50.1 Å². The summed E-state index contributed by atoms with van der Waals surface area (Å²) in [5, 5.41) is 6.97. The summed E-state index contributed by atoms with van der Waals surface area (Å²) in [5.74, 6) is 1.93. The van der Waals surface area contributed by atoms with Crippen LogP contribution < -0.4 is 19.7 Å². The Morgan fingerprint density at radius 3 is 2.69 bits per heavy atom. The van der Waals surface area contributed by atoms with E-state index in [0.717, 1.165) is 30.6 Å². The topological polar surface area (TPSA) is 89.7 Å². The van der Waals surface area contributed by atoms with Crippen molar-refractivity contribution < 1.29 is 18.8 Å². The van der Waals surface area contributed by atoms with Gasteiger partial charge in [-0.1, -0.05) is 22.9 Å². The summed E-state index contributed by atoms with van der Waals surface area (Å²) >= 11 is 0. The summed E-state index contributed by atoms with van der Waals surface area (Å²) in [4.78, 5) is 19.4. The van der Waals surface area contributed by atoms with Crippen LogP contribution in [-0.4, -0.2) is 43.4 Å². The summed E-state index contributed by atoms with van der Waals surface area (Å²) in [5.41, 5.74) is 3.13. The van der Waals surface area contributed by atoms with Crippen LogP contribution in [0.5, 0.6) is 11.5 Å². The number of ether oxygens (including phenoxy) is 2. The molecule has 0 spiro atoms. The minimum absolute atomic E-state index is 0.00711. The molecule has 0 aliphatic carbocycles. The number of aryl methyl sites for hydroxylation is 1. The molecule has 1 N–H and O–H groups in total. The predicted octanol–water partition coefficient (Wildman–Crippen LogP) is 3.60. The number of nitrogens with zero attached hydrogens (tertiary/aromatic N) is 3. The van der Waals surface area contributed by atoms with Gasteiger partial charge in [0.1, 0.15) is 0 Å². The smallest absolute Gasteiger partial charge is 0.246 e. The molecule has 168 valence electrons. The van der Waals surface area contributed by atoms with Gasteiger partial charge in [-0.15, -0.1) is 0 Å². The third kappa shape index (κ3) is 4.85. The van der Waals surface area contributed by atoms with E-state index in [1.165, 1.54) is 5.56 Å². The van der Waals surface area contributed by atoms with Crippen molar-refractivity contribution in [2.45, 2.75) is 26.3 Å². The number of rotatable bonds is 7. The number of amides is 1. The molecular weight excluding hydrogens is 408 g/mol. The van der Waals surface area contributed by atoms with Crippen molar-refractivity contribution in [2.75, 3.05) is 32.2 Å². The highest BCUT2D eigenvalue weighted by Crippen LogP contribution is 2.31. The Kier molecular flexibility index (Phi) is 6.58. The van der Waals surface area contributed by atoms with Gasteiger partial charge in [0.15, 0.2) is 11.5 Å². The second-order valence-electron chi connectivity index (χ2n) is 7.92. The standard InChI is InChI=1S/C24H28N4O4/c1-16-6-9-19(10-7-16)28-12-4-5-18(15-28)24(29)25-14-22-26-23(27-32-22)17-8-11-20(30-2)21(13-17)31-3/h6-11,13,18H,4-5,12,14-15H2,1-3H3,(H,25,29)/t18-/m1/s1. The van der Waals surface area contributed by atoms with Gasteiger partial charge in [-0.25, -0.2) is 0 Å². The zero-order chi connectivity index (χ0) is 22.5. The molecule has 1 atom stereocenters. The van der Waals surface area contributed by atoms with E-state index in [1.807, 2.05) is 6.07 Å². The molecule has 1 aromatic heterocycles. The Hall–Kier alpha value is -3.55. The molecule has 0 saturated carbocycles. The molecule has 8 nitrogen and oxygen atoms in total. The van der Waals surface area contributed by atoms with Crippen LogP contribution in [0.1, 0.15) is 24.3 Å². The molecule has 8 heteroatoms. The third-order valence-electron chi connectivity index (χ3n) is 5.71. The Morgan fingerprint density at radius 1 is 1.16 bits per heavy atom. The van der Waals surface area contributed by atoms with Crippen LogP contribution in [-0.2, 0) is 11.3 Å². The molecule has 1 fully saturated rings. The number of methoxy groups -OCH3 is 2. The molecular formula is C24H28N4O4. The van der Waals surface area contributed by atoms with Gasteiger partial charge >= 0.3 is 0 Å². The van der Waals surface area contributed by atoms with E-state index >= 15 is 0 Å². The number of carbonyl (C=O) groups is 1. The lowest BCUT2D eigenvalue weighted by atomic mass is 9.96. The molecule has 3 aromatic rings. The number of benzene rings is 2. The predicted molar refractivity (Wildman–Crippen MR) is 121 cm³/mol. The quantitative estimate of drug-likeness (QED) is 0.605. The molecule has 2 aromatic carbocycles. The first-order valence-corrected chi connectivity index (χ1v) is 10.7. The summed E-state index contributed by atoms with van der Waals surface area (Å²) in [6, 6.07) is 13.8. The molecule has 1 amide bonds. The Bertz CT molecular complexity index is 1060. The molecule has 1 aliphatic rings. The fraction of sp³-hybridized carbons (Fsp3) is 0.375. The molecule has 32 heavy (non-hydrogen) atoms. The van der Waals surface area contributed by atoms with Crippen LogP contribution in [0.15, 0.2) is 47.0 Å². The minimum Gasteiger partial charge on any atom is -0.493 e. The zero-order valence-electron chi connectivity index (χ0n) is 18.6. The zero-order valence-corrected chi connectivity index (χ0v) is 18.6. The Labute approximate surface area is 187 Å². The van der Waals surface area contributed by atoms with Crippen LogP contribution in [0.25, 0.3) is 11.4 Å². The van der Waals surface area contributed by atoms with E-state index in [0.29, 0.717) is 29.8 Å². The van der Waals surface area contributed by atoms with Crippen LogP contribution >= 0.6 is 0 Å². The second kappa shape index (κ2) is 9.72. The average Bonchev–Trinajstić information content (AvgIpc) is 3.31. The van der Waals surface area contributed by atoms with Gasteiger partial charge in [0.05, 0.1) is 26.7 Å². The lowest BCUT2D eigenvalue weighted by Gasteiger charge is -2.33. The maximum absolute atomic E-state index is 12.8. The summed E-state index contributed by atoms with van der Waals surface area (Å²) < 4.78 is 15.9. The normalized spacial score (nSPS) is 16.0. The number of nitrogens with one attached hydrogen (secondary N) is 1. The molecule has 4 rings (SSSR count). The van der Waals surface area contributed by atoms with Crippen molar-refractivity contribution in [3.63, 3.8) is 0 Å². The monoisotopic (exact) mass is 436 g/mol. The molecule has 0 bridgehead atoms. The number of hydrogen-bond acceptors (Lipinski definition) is 7. The van der Waals surface area contributed by atoms with Crippen molar-refractivity contribution in [3.8, 4) is 22.9 Å². The number of hydrogen-bond donors (Lipinski definition) is 1. The highest BCUT2D eigenvalue weighted by molar-refractivity contribution is 5.79. The largest absolute Gasteiger partial charge is 0.493 e. The molecule has 1 saturated heterocycles. The minimum atomic E-state index is -0.0710. The highest BCUT2D eigenvalue weighted by atomic mass is 16.5. The van der Waals surface area contributed by atoms with Gasteiger partial charge < -0.3 is 24.2 Å². The van der Waals surface area contributed by atoms with E-state index in [2.05, 4.69) is 51.5 Å². The fourth-order valence-electron chi connectivity index (χ4n) is 3.91. The van der Waals surface area contributed by atoms with Crippen molar-refractivity contribution in [1.29, 1.82) is 0 Å². The maximum atomic E-state index is 12.8. The lowest BCUT2D eigenvalue weighted by Crippen LogP contribution is -2.43. The number of anilines is 1. The van der Waals surface area contributed by atoms with E-state index < -0.39 is 0 Å². The van der Waals surface area contributed by atoms with Gasteiger partial charge in [-0.2, -0.15) is 4.98 Å². The van der Waals surface area contributed by atoms with Crippen molar-refractivity contribution in [2.24, 2.45) is 5.92 Å². The van der Waals surface area contributed by atoms with Gasteiger partial charge in [0.25, 0.3) is 0 Å². The van der Waals surface area contributed by atoms with Gasteiger partial charge in [0, 0.05) is 24.3 Å². The summed E-state index contributed by atoms with van der Waals surface area (Å²) in [6.07, 6.45) is 1.85. The van der Waals surface area contributed by atoms with Crippen molar-refractivity contribution >= 4 is 11.6 Å². The second-order valence-corrected chi connectivity index (χ2v) is 7.92. The first-order valence-electron chi connectivity index (χ1n) is 10.7. The molecule has 1 aliphatic heterocycles. The first kappa shape index (κ1) is 21.7. The molecule has 2 heterocycles. The number of carbonyl (C=O) groups excluding carboxylic acids is 1. The number of aromatic nitrogens is 2. The average molecular weight is 437 g/mol. The van der Waals surface area contributed by atoms with Crippen molar-refractivity contribution in [1.82, 2.24) is 15.5 Å². The van der Waals surface area contributed by atoms with Crippen LogP contribution in [0, 0.1) is 12.8 Å². The van der Waals surface area contributed by atoms with Crippen LogP contribution in [0.3, 0.4) is 0 Å². The van der Waals surface area contributed by atoms with Crippen LogP contribution in [0.4, 0.5) is 5.69 Å². The lowest BCUT2D eigenvalue weighted by molar-refractivity contribution is -0.125. The van der Waals surface area contributed by atoms with E-state index in [9.17, 15) is 4.79 Å². The van der Waals surface area contributed by atoms with Gasteiger partial charge in [-0.3, -0.25) is 4.79 Å². The van der Waals surface area contributed by atoms with Gasteiger partial charge in [0.2, 0.25) is 17.6 Å². The fourth-order valence-corrected chi connectivity index (χ4v) is 3.91. The number of piperidine rings is 1. The highest BCUT2D eigenvalue weighted by Gasteiger charge is 2.26. The van der Waals surface area contributed by atoms with Crippen molar-refractivity contribution in [3.05, 3.63) is 53.9 Å². The molecule has 0 radical (unpaired) electrons. The van der Waals surface area contributed by atoms with Crippen LogP contribution in [0.2, 0.25) is 0 Å². The molecule has 0 unspecified atom stereocenters. The summed E-state index contributed by atoms with van der Waals surface area (Å²) in [7, 11) is 3.16.